The van der Waals surface area contributed by atoms with Gasteiger partial charge in [-0.15, -0.1) is 11.3 Å². The van der Waals surface area contributed by atoms with Gasteiger partial charge in [-0.3, -0.25) is 14.7 Å². The van der Waals surface area contributed by atoms with E-state index in [-0.39, 0.29) is 11.9 Å². The molecule has 1 aliphatic rings. The molecule has 1 aromatic carbocycles. The van der Waals surface area contributed by atoms with Crippen LogP contribution < -0.4 is 0 Å². The van der Waals surface area contributed by atoms with Crippen molar-refractivity contribution in [3.63, 3.8) is 0 Å². The lowest BCUT2D eigenvalue weighted by Crippen LogP contribution is -2.38. The van der Waals surface area contributed by atoms with E-state index in [1.807, 2.05) is 18.2 Å². The summed E-state index contributed by atoms with van der Waals surface area (Å²) in [6, 6.07) is 8.82. The molecule has 1 aromatic heterocycles. The van der Waals surface area contributed by atoms with Crippen molar-refractivity contribution in [3.05, 3.63) is 51.4 Å². The number of carbonyl (C=O) groups excluding carboxylic acids is 2. The standard InChI is InChI=1S/C16H14ClN3O2S2/c1-18-16-20(12(9-23-16)13-7-19-15(17)24-13)14(22)11(8-21)10-5-3-2-4-6-10/h2-8,11-12H,9H2,1H3. The molecule has 1 amide bonds. The van der Waals surface area contributed by atoms with E-state index >= 15 is 0 Å². The van der Waals surface area contributed by atoms with Crippen LogP contribution in [0.25, 0.3) is 0 Å². The molecule has 1 fully saturated rings. The molecule has 0 aliphatic carbocycles. The van der Waals surface area contributed by atoms with E-state index in [4.69, 9.17) is 11.6 Å². The van der Waals surface area contributed by atoms with Crippen molar-refractivity contribution < 1.29 is 9.59 Å². The Balaban J connectivity index is 1.96. The average molecular weight is 380 g/mol. The van der Waals surface area contributed by atoms with E-state index in [2.05, 4.69) is 9.98 Å². The van der Waals surface area contributed by atoms with Gasteiger partial charge < -0.3 is 4.79 Å². The van der Waals surface area contributed by atoms with Crippen LogP contribution in [-0.2, 0) is 9.59 Å². The highest BCUT2D eigenvalue weighted by Gasteiger charge is 2.40. The number of nitrogens with zero attached hydrogens (tertiary/aromatic N) is 3. The van der Waals surface area contributed by atoms with E-state index < -0.39 is 5.92 Å². The highest BCUT2D eigenvalue weighted by atomic mass is 35.5. The number of thiazole rings is 1. The number of hydrogen-bond donors (Lipinski definition) is 0. The topological polar surface area (TPSA) is 62.6 Å². The molecular formula is C16H14ClN3O2S2. The number of aliphatic imine (C=N–C) groups is 1. The van der Waals surface area contributed by atoms with E-state index in [0.717, 1.165) is 4.88 Å². The summed E-state index contributed by atoms with van der Waals surface area (Å²) in [6.07, 6.45) is 2.36. The first-order valence-corrected chi connectivity index (χ1v) is 9.37. The van der Waals surface area contributed by atoms with Gasteiger partial charge in [0.15, 0.2) is 9.63 Å². The summed E-state index contributed by atoms with van der Waals surface area (Å²) in [5, 5.41) is 0.609. The minimum absolute atomic E-state index is 0.211. The maximum absolute atomic E-state index is 13.1. The van der Waals surface area contributed by atoms with Crippen LogP contribution in [0.5, 0.6) is 0 Å². The van der Waals surface area contributed by atoms with Gasteiger partial charge in [0.1, 0.15) is 12.2 Å². The van der Waals surface area contributed by atoms with Crippen LogP contribution in [0, 0.1) is 0 Å². The number of benzene rings is 1. The van der Waals surface area contributed by atoms with Crippen LogP contribution in [0.15, 0.2) is 41.5 Å². The zero-order chi connectivity index (χ0) is 17.1. The van der Waals surface area contributed by atoms with Crippen molar-refractivity contribution in [2.24, 2.45) is 4.99 Å². The van der Waals surface area contributed by atoms with Crippen molar-refractivity contribution in [2.75, 3.05) is 12.8 Å². The second-order valence-corrected chi connectivity index (χ2v) is 7.71. The Hall–Kier alpha value is -1.70. The van der Waals surface area contributed by atoms with E-state index in [1.165, 1.54) is 23.1 Å². The summed E-state index contributed by atoms with van der Waals surface area (Å²) in [5.41, 5.74) is 0.672. The maximum Gasteiger partial charge on any atom is 0.243 e. The largest absolute Gasteiger partial charge is 0.302 e. The fourth-order valence-electron chi connectivity index (χ4n) is 2.57. The summed E-state index contributed by atoms with van der Waals surface area (Å²) < 4.78 is 0.430. The smallest absolute Gasteiger partial charge is 0.243 e. The van der Waals surface area contributed by atoms with Gasteiger partial charge in [-0.25, -0.2) is 4.98 Å². The first kappa shape index (κ1) is 17.1. The summed E-state index contributed by atoms with van der Waals surface area (Å²) in [5.74, 6) is -0.471. The number of thioether (sulfide) groups is 1. The van der Waals surface area contributed by atoms with Gasteiger partial charge in [-0.1, -0.05) is 53.7 Å². The zero-order valence-corrected chi connectivity index (χ0v) is 15.1. The Morgan fingerprint density at radius 3 is 2.79 bits per heavy atom. The van der Waals surface area contributed by atoms with Crippen LogP contribution in [0.1, 0.15) is 22.4 Å². The lowest BCUT2D eigenvalue weighted by Gasteiger charge is -2.25. The molecule has 2 atom stereocenters. The first-order valence-electron chi connectivity index (χ1n) is 7.19. The normalized spacial score (nSPS) is 20.3. The number of amides is 1. The predicted octanol–water partition coefficient (Wildman–Crippen LogP) is 3.38. The third kappa shape index (κ3) is 3.24. The molecule has 2 aromatic rings. The molecule has 0 bridgehead atoms. The maximum atomic E-state index is 13.1. The van der Waals surface area contributed by atoms with Gasteiger partial charge in [0.2, 0.25) is 5.91 Å². The molecule has 124 valence electrons. The Bertz CT molecular complexity index is 779. The van der Waals surface area contributed by atoms with E-state index in [0.29, 0.717) is 27.2 Å². The highest BCUT2D eigenvalue weighted by Crippen LogP contribution is 2.40. The Morgan fingerprint density at radius 1 is 1.46 bits per heavy atom. The lowest BCUT2D eigenvalue weighted by atomic mass is 9.98. The molecule has 0 saturated carbocycles. The van der Waals surface area contributed by atoms with Crippen LogP contribution in [0.2, 0.25) is 4.47 Å². The summed E-state index contributed by atoms with van der Waals surface area (Å²) in [7, 11) is 1.64. The SMILES string of the molecule is CN=C1SCC(c2cnc(Cl)s2)N1C(=O)C(C=O)c1ccccc1. The molecular weight excluding hydrogens is 366 g/mol. The Kier molecular flexibility index (Phi) is 5.33. The Labute approximate surface area is 152 Å². The quantitative estimate of drug-likeness (QED) is 0.603. The number of hydrogen-bond acceptors (Lipinski definition) is 6. The minimum Gasteiger partial charge on any atom is -0.302 e. The van der Waals surface area contributed by atoms with E-state index in [9.17, 15) is 9.59 Å². The monoisotopic (exact) mass is 379 g/mol. The lowest BCUT2D eigenvalue weighted by molar-refractivity contribution is -0.132. The fraction of sp³-hybridized carbons (Fsp3) is 0.250. The fourth-order valence-corrected chi connectivity index (χ4v) is 4.84. The third-order valence-electron chi connectivity index (χ3n) is 3.70. The minimum atomic E-state index is -0.854. The number of aromatic nitrogens is 1. The van der Waals surface area contributed by atoms with Crippen LogP contribution in [0.3, 0.4) is 0 Å². The van der Waals surface area contributed by atoms with Gasteiger partial charge in [0.05, 0.1) is 6.04 Å². The molecule has 0 spiro atoms. The second kappa shape index (κ2) is 7.46. The highest BCUT2D eigenvalue weighted by molar-refractivity contribution is 8.14. The number of rotatable bonds is 4. The average Bonchev–Trinajstić information content (AvgIpc) is 3.22. The van der Waals surface area contributed by atoms with Gasteiger partial charge in [0.25, 0.3) is 0 Å². The zero-order valence-electron chi connectivity index (χ0n) is 12.8. The van der Waals surface area contributed by atoms with Crippen LogP contribution in [0.4, 0.5) is 0 Å². The molecule has 0 N–H and O–H groups in total. The predicted molar refractivity (Wildman–Crippen MR) is 97.8 cm³/mol. The molecule has 1 aliphatic heterocycles. The Morgan fingerprint density at radius 2 is 2.21 bits per heavy atom. The molecule has 3 rings (SSSR count). The van der Waals surface area contributed by atoms with Crippen LogP contribution in [-0.4, -0.2) is 40.0 Å². The van der Waals surface area contributed by atoms with Gasteiger partial charge in [0, 0.05) is 23.9 Å². The molecule has 0 radical (unpaired) electrons. The molecule has 2 unspecified atom stereocenters. The third-order valence-corrected chi connectivity index (χ3v) is 6.04. The van der Waals surface area contributed by atoms with Gasteiger partial charge in [-0.2, -0.15) is 0 Å². The first-order chi connectivity index (χ1) is 11.7. The summed E-state index contributed by atoms with van der Waals surface area (Å²) >= 11 is 8.76. The van der Waals surface area contributed by atoms with Gasteiger partial charge >= 0.3 is 0 Å². The number of halogens is 1. The van der Waals surface area contributed by atoms with Crippen molar-refractivity contribution in [1.82, 2.24) is 9.88 Å². The molecule has 24 heavy (non-hydrogen) atoms. The molecule has 1 saturated heterocycles. The molecule has 2 heterocycles. The van der Waals surface area contributed by atoms with Crippen molar-refractivity contribution in [1.29, 1.82) is 0 Å². The van der Waals surface area contributed by atoms with E-state index in [1.54, 1.807) is 30.3 Å². The van der Waals surface area contributed by atoms with Gasteiger partial charge in [-0.05, 0) is 5.56 Å². The van der Waals surface area contributed by atoms with Crippen LogP contribution >= 0.6 is 34.7 Å². The van der Waals surface area contributed by atoms with Crippen molar-refractivity contribution in [3.8, 4) is 0 Å². The molecule has 8 heteroatoms. The summed E-state index contributed by atoms with van der Waals surface area (Å²) in [4.78, 5) is 35.5. The van der Waals surface area contributed by atoms with Crippen molar-refractivity contribution >= 4 is 52.1 Å². The van der Waals surface area contributed by atoms with Crippen molar-refractivity contribution in [2.45, 2.75) is 12.0 Å². The number of aldehydes is 1. The molecule has 5 nitrogen and oxygen atoms in total. The number of amidine groups is 1. The number of carbonyl (C=O) groups is 2. The second-order valence-electron chi connectivity index (χ2n) is 5.08. The summed E-state index contributed by atoms with van der Waals surface area (Å²) in [6.45, 7) is 0.